The average Bonchev–Trinajstić information content (AvgIpc) is 3.25. The van der Waals surface area contributed by atoms with Gasteiger partial charge in [0.1, 0.15) is 12.1 Å². The molecule has 4 rings (SSSR count). The SMILES string of the molecule is CCN(Cc1ccc(OC)c(F)c1)C(=O)C1CCN(c2ccc3nncn3n2)CC1. The van der Waals surface area contributed by atoms with Gasteiger partial charge in [0.05, 0.1) is 7.11 Å². The summed E-state index contributed by atoms with van der Waals surface area (Å²) in [6.45, 7) is 4.43. The number of carbonyl (C=O) groups excluding carboxylic acids is 1. The molecular formula is C21H25FN6O2. The van der Waals surface area contributed by atoms with Crippen LogP contribution in [0.15, 0.2) is 36.7 Å². The molecule has 3 aromatic rings. The number of hydrogen-bond acceptors (Lipinski definition) is 6. The Morgan fingerprint density at radius 3 is 2.77 bits per heavy atom. The molecule has 0 bridgehead atoms. The van der Waals surface area contributed by atoms with Crippen molar-refractivity contribution in [3.63, 3.8) is 0 Å². The quantitative estimate of drug-likeness (QED) is 0.619. The van der Waals surface area contributed by atoms with Crippen LogP contribution in [0, 0.1) is 11.7 Å². The number of carbonyl (C=O) groups is 1. The first-order valence-electron chi connectivity index (χ1n) is 10.1. The summed E-state index contributed by atoms with van der Waals surface area (Å²) in [6.07, 6.45) is 3.10. The lowest BCUT2D eigenvalue weighted by molar-refractivity contribution is -0.136. The standard InChI is InChI=1S/C21H25FN6O2/c1-3-26(13-15-4-5-18(30-2)17(22)12-15)21(29)16-8-10-27(11-9-16)20-7-6-19-24-23-14-28(19)25-20/h4-7,12,14,16H,3,8-11,13H2,1-2H3. The Morgan fingerprint density at radius 2 is 2.07 bits per heavy atom. The van der Waals surface area contributed by atoms with Crippen LogP contribution in [0.3, 0.4) is 0 Å². The molecular weight excluding hydrogens is 387 g/mol. The van der Waals surface area contributed by atoms with E-state index in [2.05, 4.69) is 20.2 Å². The van der Waals surface area contributed by atoms with Gasteiger partial charge in [0, 0.05) is 32.1 Å². The first-order valence-corrected chi connectivity index (χ1v) is 10.1. The highest BCUT2D eigenvalue weighted by Gasteiger charge is 2.29. The van der Waals surface area contributed by atoms with Gasteiger partial charge in [-0.05, 0) is 49.6 Å². The molecule has 3 heterocycles. The summed E-state index contributed by atoms with van der Waals surface area (Å²) >= 11 is 0. The summed E-state index contributed by atoms with van der Waals surface area (Å²) in [6, 6.07) is 8.65. The molecule has 0 aliphatic carbocycles. The molecule has 1 fully saturated rings. The molecule has 0 spiro atoms. The molecule has 158 valence electrons. The summed E-state index contributed by atoms with van der Waals surface area (Å²) in [5.41, 5.74) is 1.46. The zero-order chi connectivity index (χ0) is 21.1. The number of piperidine rings is 1. The largest absolute Gasteiger partial charge is 0.494 e. The molecule has 0 atom stereocenters. The summed E-state index contributed by atoms with van der Waals surface area (Å²) in [4.78, 5) is 17.1. The maximum absolute atomic E-state index is 14.0. The van der Waals surface area contributed by atoms with Crippen LogP contribution in [0.2, 0.25) is 0 Å². The van der Waals surface area contributed by atoms with E-state index >= 15 is 0 Å². The van der Waals surface area contributed by atoms with Gasteiger partial charge >= 0.3 is 0 Å². The molecule has 0 saturated carbocycles. The Kier molecular flexibility index (Phi) is 5.78. The van der Waals surface area contributed by atoms with E-state index in [1.807, 2.05) is 19.1 Å². The molecule has 0 radical (unpaired) electrons. The summed E-state index contributed by atoms with van der Waals surface area (Å²) in [5.74, 6) is 0.732. The minimum Gasteiger partial charge on any atom is -0.494 e. The van der Waals surface area contributed by atoms with E-state index in [1.54, 1.807) is 27.9 Å². The predicted molar refractivity (Wildman–Crippen MR) is 110 cm³/mol. The highest BCUT2D eigenvalue weighted by molar-refractivity contribution is 5.79. The molecule has 1 aliphatic heterocycles. The van der Waals surface area contributed by atoms with Crippen molar-refractivity contribution in [3.8, 4) is 5.75 Å². The fourth-order valence-corrected chi connectivity index (χ4v) is 3.87. The molecule has 8 nitrogen and oxygen atoms in total. The Bertz CT molecular complexity index is 1030. The van der Waals surface area contributed by atoms with Crippen molar-refractivity contribution in [2.45, 2.75) is 26.3 Å². The van der Waals surface area contributed by atoms with Crippen molar-refractivity contribution in [2.75, 3.05) is 31.6 Å². The van der Waals surface area contributed by atoms with E-state index in [1.165, 1.54) is 13.2 Å². The lowest BCUT2D eigenvalue weighted by Crippen LogP contribution is -2.42. The van der Waals surface area contributed by atoms with Crippen molar-refractivity contribution < 1.29 is 13.9 Å². The third-order valence-electron chi connectivity index (χ3n) is 5.60. The van der Waals surface area contributed by atoms with Crippen LogP contribution in [-0.4, -0.2) is 57.4 Å². The number of hydrogen-bond donors (Lipinski definition) is 0. The van der Waals surface area contributed by atoms with E-state index in [0.29, 0.717) is 18.7 Å². The van der Waals surface area contributed by atoms with Gasteiger partial charge in [-0.1, -0.05) is 6.07 Å². The maximum atomic E-state index is 14.0. The molecule has 0 N–H and O–H groups in total. The minimum atomic E-state index is -0.413. The second kappa shape index (κ2) is 8.64. The molecule has 9 heteroatoms. The van der Waals surface area contributed by atoms with Crippen LogP contribution in [0.1, 0.15) is 25.3 Å². The fourth-order valence-electron chi connectivity index (χ4n) is 3.87. The van der Waals surface area contributed by atoms with Crippen LogP contribution in [0.5, 0.6) is 5.75 Å². The van der Waals surface area contributed by atoms with Crippen LogP contribution in [0.25, 0.3) is 5.65 Å². The van der Waals surface area contributed by atoms with Crippen LogP contribution in [-0.2, 0) is 11.3 Å². The van der Waals surface area contributed by atoms with Gasteiger partial charge in [0.15, 0.2) is 17.2 Å². The number of anilines is 1. The van der Waals surface area contributed by atoms with Gasteiger partial charge in [-0.15, -0.1) is 15.3 Å². The normalized spacial score (nSPS) is 14.8. The number of rotatable bonds is 6. The van der Waals surface area contributed by atoms with Gasteiger partial charge in [-0.3, -0.25) is 4.79 Å². The molecule has 1 amide bonds. The number of ether oxygens (including phenoxy) is 1. The second-order valence-corrected chi connectivity index (χ2v) is 7.41. The summed E-state index contributed by atoms with van der Waals surface area (Å²) in [5, 5.41) is 12.4. The number of amides is 1. The summed E-state index contributed by atoms with van der Waals surface area (Å²) < 4.78 is 20.6. The van der Waals surface area contributed by atoms with Gasteiger partial charge in [0.25, 0.3) is 0 Å². The third-order valence-corrected chi connectivity index (χ3v) is 5.60. The predicted octanol–water partition coefficient (Wildman–Crippen LogP) is 2.54. The number of nitrogens with zero attached hydrogens (tertiary/aromatic N) is 6. The van der Waals surface area contributed by atoms with Crippen molar-refractivity contribution >= 4 is 17.4 Å². The molecule has 0 unspecified atom stereocenters. The number of fused-ring (bicyclic) bond motifs is 1. The van der Waals surface area contributed by atoms with E-state index in [4.69, 9.17) is 4.74 Å². The van der Waals surface area contributed by atoms with E-state index in [-0.39, 0.29) is 17.6 Å². The lowest BCUT2D eigenvalue weighted by atomic mass is 9.95. The first kappa shape index (κ1) is 20.1. The van der Waals surface area contributed by atoms with Crippen LogP contribution in [0.4, 0.5) is 10.2 Å². The Morgan fingerprint density at radius 1 is 1.27 bits per heavy atom. The first-order chi connectivity index (χ1) is 14.6. The number of halogens is 1. The molecule has 30 heavy (non-hydrogen) atoms. The van der Waals surface area contributed by atoms with Crippen molar-refractivity contribution in [1.29, 1.82) is 0 Å². The number of benzene rings is 1. The van der Waals surface area contributed by atoms with Crippen molar-refractivity contribution in [3.05, 3.63) is 48.0 Å². The Hall–Kier alpha value is -3.23. The lowest BCUT2D eigenvalue weighted by Gasteiger charge is -2.34. The Labute approximate surface area is 174 Å². The topological polar surface area (TPSA) is 75.9 Å². The van der Waals surface area contributed by atoms with Crippen molar-refractivity contribution in [1.82, 2.24) is 24.7 Å². The zero-order valence-electron chi connectivity index (χ0n) is 17.2. The Balaban J connectivity index is 1.37. The molecule has 1 saturated heterocycles. The monoisotopic (exact) mass is 412 g/mol. The van der Waals surface area contributed by atoms with Crippen molar-refractivity contribution in [2.24, 2.45) is 5.92 Å². The fraction of sp³-hybridized carbons (Fsp3) is 0.429. The van der Waals surface area contributed by atoms with Crippen LogP contribution < -0.4 is 9.64 Å². The van der Waals surface area contributed by atoms with Gasteiger partial charge in [-0.2, -0.15) is 4.52 Å². The van der Waals surface area contributed by atoms with Gasteiger partial charge in [-0.25, -0.2) is 4.39 Å². The van der Waals surface area contributed by atoms with Gasteiger partial charge < -0.3 is 14.5 Å². The van der Waals surface area contributed by atoms with Gasteiger partial charge in [0.2, 0.25) is 5.91 Å². The molecule has 2 aromatic heterocycles. The highest BCUT2D eigenvalue weighted by Crippen LogP contribution is 2.25. The maximum Gasteiger partial charge on any atom is 0.226 e. The van der Waals surface area contributed by atoms with E-state index < -0.39 is 5.82 Å². The molecule has 1 aromatic carbocycles. The smallest absolute Gasteiger partial charge is 0.226 e. The summed E-state index contributed by atoms with van der Waals surface area (Å²) in [7, 11) is 1.44. The van der Waals surface area contributed by atoms with Crippen LogP contribution >= 0.6 is 0 Å². The van der Waals surface area contributed by atoms with E-state index in [9.17, 15) is 9.18 Å². The highest BCUT2D eigenvalue weighted by atomic mass is 19.1. The number of aromatic nitrogens is 4. The zero-order valence-corrected chi connectivity index (χ0v) is 17.2. The molecule has 1 aliphatic rings. The second-order valence-electron chi connectivity index (χ2n) is 7.41. The van der Waals surface area contributed by atoms with E-state index in [0.717, 1.165) is 37.3 Å². The number of methoxy groups -OCH3 is 1. The average molecular weight is 412 g/mol. The third kappa shape index (κ3) is 4.05. The minimum absolute atomic E-state index is 0.0389.